The summed E-state index contributed by atoms with van der Waals surface area (Å²) in [6, 6.07) is 0.444. The maximum absolute atomic E-state index is 5.84. The van der Waals surface area contributed by atoms with Crippen molar-refractivity contribution in [3.05, 3.63) is 0 Å². The van der Waals surface area contributed by atoms with Crippen LogP contribution in [0, 0.1) is 5.41 Å². The minimum atomic E-state index is 0. The Kier molecular flexibility index (Phi) is 2.23. The monoisotopic (exact) mass is 163 g/mol. The van der Waals surface area contributed by atoms with Crippen molar-refractivity contribution >= 4 is 12.4 Å². The van der Waals surface area contributed by atoms with E-state index in [1.54, 1.807) is 0 Å². The van der Waals surface area contributed by atoms with Gasteiger partial charge in [0.25, 0.3) is 0 Å². The molecule has 0 aromatic rings. The van der Waals surface area contributed by atoms with Gasteiger partial charge in [-0.3, -0.25) is 0 Å². The molecule has 2 nitrogen and oxygen atoms in total. The van der Waals surface area contributed by atoms with Gasteiger partial charge in [0, 0.05) is 18.1 Å². The van der Waals surface area contributed by atoms with E-state index in [4.69, 9.17) is 10.5 Å². The first kappa shape index (κ1) is 8.31. The molecule has 2 atom stereocenters. The maximum atomic E-state index is 5.84. The molecule has 1 aliphatic carbocycles. The Morgan fingerprint density at radius 1 is 1.40 bits per heavy atom. The van der Waals surface area contributed by atoms with Crippen LogP contribution < -0.4 is 5.73 Å². The van der Waals surface area contributed by atoms with E-state index in [1.807, 2.05) is 0 Å². The highest BCUT2D eigenvalue weighted by Gasteiger charge is 2.47. The summed E-state index contributed by atoms with van der Waals surface area (Å²) in [5.74, 6) is 0. The fraction of sp³-hybridized carbons (Fsp3) is 1.00. The Hall–Kier alpha value is 0.210. The van der Waals surface area contributed by atoms with Gasteiger partial charge < -0.3 is 10.5 Å². The molecule has 10 heavy (non-hydrogen) atoms. The molecular weight excluding hydrogens is 150 g/mol. The molecule has 1 spiro atoms. The number of nitrogens with two attached hydrogens (primary N) is 1. The first-order chi connectivity index (χ1) is 4.33. The minimum Gasteiger partial charge on any atom is -0.381 e. The van der Waals surface area contributed by atoms with Crippen molar-refractivity contribution in [1.82, 2.24) is 0 Å². The molecule has 1 saturated heterocycles. The predicted octanol–water partition coefficient (Wildman–Crippen LogP) is 0.936. The molecule has 2 unspecified atom stereocenters. The summed E-state index contributed by atoms with van der Waals surface area (Å²) in [5.41, 5.74) is 6.27. The highest BCUT2D eigenvalue weighted by molar-refractivity contribution is 5.85. The fourth-order valence-electron chi connectivity index (χ4n) is 1.83. The van der Waals surface area contributed by atoms with Crippen LogP contribution in [0.1, 0.15) is 19.3 Å². The van der Waals surface area contributed by atoms with E-state index in [0.29, 0.717) is 11.5 Å². The smallest absolute Gasteiger partial charge is 0.0538 e. The molecule has 2 aliphatic rings. The lowest BCUT2D eigenvalue weighted by molar-refractivity contribution is 0.0664. The zero-order valence-corrected chi connectivity index (χ0v) is 6.82. The normalized spacial score (nSPS) is 44.7. The van der Waals surface area contributed by atoms with Crippen molar-refractivity contribution in [2.24, 2.45) is 11.1 Å². The summed E-state index contributed by atoms with van der Waals surface area (Å²) in [5, 5.41) is 0. The molecule has 0 bridgehead atoms. The van der Waals surface area contributed by atoms with Crippen molar-refractivity contribution < 1.29 is 4.74 Å². The quantitative estimate of drug-likeness (QED) is 0.577. The summed E-state index contributed by atoms with van der Waals surface area (Å²) >= 11 is 0. The average molecular weight is 164 g/mol. The van der Waals surface area contributed by atoms with Gasteiger partial charge in [-0.1, -0.05) is 0 Å². The molecule has 0 aromatic heterocycles. The van der Waals surface area contributed by atoms with Gasteiger partial charge in [-0.05, 0) is 19.3 Å². The standard InChI is InChI=1S/C7H13NO.ClH/c8-6-1-2-7(6)3-4-9-5-7;/h6H,1-5,8H2;1H. The number of ether oxygens (including phenoxy) is 1. The van der Waals surface area contributed by atoms with Crippen molar-refractivity contribution in [3.63, 3.8) is 0 Å². The van der Waals surface area contributed by atoms with Crippen LogP contribution in [-0.2, 0) is 4.74 Å². The van der Waals surface area contributed by atoms with Crippen LogP contribution in [0.5, 0.6) is 0 Å². The highest BCUT2D eigenvalue weighted by atomic mass is 35.5. The highest BCUT2D eigenvalue weighted by Crippen LogP contribution is 2.45. The molecule has 0 amide bonds. The van der Waals surface area contributed by atoms with E-state index in [-0.39, 0.29) is 12.4 Å². The van der Waals surface area contributed by atoms with Gasteiger partial charge in [-0.15, -0.1) is 12.4 Å². The van der Waals surface area contributed by atoms with Crippen molar-refractivity contribution in [2.75, 3.05) is 13.2 Å². The maximum Gasteiger partial charge on any atom is 0.0538 e. The van der Waals surface area contributed by atoms with E-state index < -0.39 is 0 Å². The molecule has 60 valence electrons. The Balaban J connectivity index is 0.000000500. The number of halogens is 1. The first-order valence-electron chi connectivity index (χ1n) is 3.67. The van der Waals surface area contributed by atoms with E-state index in [0.717, 1.165) is 13.2 Å². The summed E-state index contributed by atoms with van der Waals surface area (Å²) in [6.07, 6.45) is 3.71. The minimum absolute atomic E-state index is 0. The first-order valence-corrected chi connectivity index (χ1v) is 3.67. The SMILES string of the molecule is Cl.NC1CCC12CCOC2. The third-order valence-electron chi connectivity index (χ3n) is 2.87. The fourth-order valence-corrected chi connectivity index (χ4v) is 1.83. The van der Waals surface area contributed by atoms with E-state index in [9.17, 15) is 0 Å². The summed E-state index contributed by atoms with van der Waals surface area (Å²) < 4.78 is 5.29. The second kappa shape index (κ2) is 2.68. The van der Waals surface area contributed by atoms with Crippen LogP contribution in [0.15, 0.2) is 0 Å². The third-order valence-corrected chi connectivity index (χ3v) is 2.87. The van der Waals surface area contributed by atoms with Crippen LogP contribution >= 0.6 is 12.4 Å². The second-order valence-electron chi connectivity index (χ2n) is 3.31. The van der Waals surface area contributed by atoms with Gasteiger partial charge in [0.05, 0.1) is 6.61 Å². The Morgan fingerprint density at radius 2 is 2.20 bits per heavy atom. The Morgan fingerprint density at radius 3 is 2.40 bits per heavy atom. The van der Waals surface area contributed by atoms with Gasteiger partial charge in [0.15, 0.2) is 0 Å². The molecule has 1 heterocycles. The zero-order chi connectivity index (χ0) is 6.32. The van der Waals surface area contributed by atoms with Crippen molar-refractivity contribution in [2.45, 2.75) is 25.3 Å². The van der Waals surface area contributed by atoms with E-state index in [2.05, 4.69) is 0 Å². The van der Waals surface area contributed by atoms with Crippen LogP contribution in [0.3, 0.4) is 0 Å². The summed E-state index contributed by atoms with van der Waals surface area (Å²) in [6.45, 7) is 1.86. The Labute approximate surface area is 67.5 Å². The molecule has 1 aliphatic heterocycles. The lowest BCUT2D eigenvalue weighted by Gasteiger charge is -2.43. The van der Waals surface area contributed by atoms with Gasteiger partial charge in [0.2, 0.25) is 0 Å². The molecule has 0 aromatic carbocycles. The summed E-state index contributed by atoms with van der Waals surface area (Å²) in [4.78, 5) is 0. The largest absolute Gasteiger partial charge is 0.381 e. The van der Waals surface area contributed by atoms with Gasteiger partial charge in [0.1, 0.15) is 0 Å². The number of hydrogen-bond donors (Lipinski definition) is 1. The molecule has 2 rings (SSSR count). The predicted molar refractivity (Wildman–Crippen MR) is 42.3 cm³/mol. The van der Waals surface area contributed by atoms with Gasteiger partial charge in [-0.25, -0.2) is 0 Å². The van der Waals surface area contributed by atoms with Crippen LogP contribution in [0.4, 0.5) is 0 Å². The van der Waals surface area contributed by atoms with Gasteiger partial charge in [-0.2, -0.15) is 0 Å². The lowest BCUT2D eigenvalue weighted by Crippen LogP contribution is -2.51. The molecule has 0 radical (unpaired) electrons. The topological polar surface area (TPSA) is 35.2 Å². The molecule has 1 saturated carbocycles. The van der Waals surface area contributed by atoms with Crippen molar-refractivity contribution in [1.29, 1.82) is 0 Å². The molecule has 2 N–H and O–H groups in total. The van der Waals surface area contributed by atoms with E-state index in [1.165, 1.54) is 19.3 Å². The molecule has 2 fully saturated rings. The molecule has 3 heteroatoms. The average Bonchev–Trinajstić information content (AvgIpc) is 2.34. The van der Waals surface area contributed by atoms with E-state index >= 15 is 0 Å². The lowest BCUT2D eigenvalue weighted by atomic mass is 9.64. The van der Waals surface area contributed by atoms with Crippen LogP contribution in [-0.4, -0.2) is 19.3 Å². The number of hydrogen-bond acceptors (Lipinski definition) is 2. The Bertz CT molecular complexity index is 123. The summed E-state index contributed by atoms with van der Waals surface area (Å²) in [7, 11) is 0. The second-order valence-corrected chi connectivity index (χ2v) is 3.31. The van der Waals surface area contributed by atoms with Crippen molar-refractivity contribution in [3.8, 4) is 0 Å². The van der Waals surface area contributed by atoms with Crippen LogP contribution in [0.25, 0.3) is 0 Å². The van der Waals surface area contributed by atoms with Crippen LogP contribution in [0.2, 0.25) is 0 Å². The zero-order valence-electron chi connectivity index (χ0n) is 6.01. The number of rotatable bonds is 0. The molecular formula is C7H14ClNO. The van der Waals surface area contributed by atoms with Gasteiger partial charge >= 0.3 is 0 Å². The third kappa shape index (κ3) is 0.949.